The minimum atomic E-state index is -0.519. The van der Waals surface area contributed by atoms with E-state index < -0.39 is 11.5 Å². The topological polar surface area (TPSA) is 87.2 Å². The van der Waals surface area contributed by atoms with Gasteiger partial charge in [0.25, 0.3) is 5.56 Å². The van der Waals surface area contributed by atoms with Gasteiger partial charge in [0, 0.05) is 5.75 Å². The molecule has 3 rings (SSSR count). The summed E-state index contributed by atoms with van der Waals surface area (Å²) < 4.78 is 18.9. The summed E-state index contributed by atoms with van der Waals surface area (Å²) in [6.07, 6.45) is 0. The van der Waals surface area contributed by atoms with Crippen LogP contribution in [0.4, 0.5) is 4.39 Å². The summed E-state index contributed by atoms with van der Waals surface area (Å²) in [6.45, 7) is 0. The Labute approximate surface area is 146 Å². The maximum atomic E-state index is 13.2. The maximum absolute atomic E-state index is 13.2. The van der Waals surface area contributed by atoms with E-state index in [1.165, 1.54) is 49.2 Å². The first-order chi connectivity index (χ1) is 12.0. The molecule has 3 aromatic rings. The third-order valence-corrected chi connectivity index (χ3v) is 4.57. The van der Waals surface area contributed by atoms with Crippen LogP contribution >= 0.6 is 11.8 Å². The molecule has 0 aliphatic carbocycles. The van der Waals surface area contributed by atoms with Crippen LogP contribution in [0.15, 0.2) is 52.4 Å². The Bertz CT molecular complexity index is 1020. The average Bonchev–Trinajstić information content (AvgIpc) is 2.62. The first-order valence-electron chi connectivity index (χ1n) is 7.27. The molecule has 0 aliphatic heterocycles. The molecule has 0 unspecified atom stereocenters. The van der Waals surface area contributed by atoms with Crippen molar-refractivity contribution in [3.05, 3.63) is 69.8 Å². The SMILES string of the molecule is COC(=O)c1ccc2c(=O)n(N)c(SCc3cccc(F)c3)nc2c1. The van der Waals surface area contributed by atoms with Gasteiger partial charge in [-0.05, 0) is 35.9 Å². The maximum Gasteiger partial charge on any atom is 0.337 e. The van der Waals surface area contributed by atoms with E-state index >= 15 is 0 Å². The van der Waals surface area contributed by atoms with Gasteiger partial charge in [0.2, 0.25) is 0 Å². The van der Waals surface area contributed by atoms with Crippen molar-refractivity contribution < 1.29 is 13.9 Å². The lowest BCUT2D eigenvalue weighted by molar-refractivity contribution is 0.0601. The minimum absolute atomic E-state index is 0.267. The number of rotatable bonds is 4. The molecule has 1 aromatic heterocycles. The molecule has 8 heteroatoms. The Balaban J connectivity index is 1.98. The monoisotopic (exact) mass is 359 g/mol. The van der Waals surface area contributed by atoms with E-state index in [2.05, 4.69) is 9.72 Å². The molecule has 1 heterocycles. The third-order valence-electron chi connectivity index (χ3n) is 3.55. The second kappa shape index (κ2) is 6.94. The van der Waals surface area contributed by atoms with Gasteiger partial charge >= 0.3 is 5.97 Å². The molecule has 0 fully saturated rings. The number of esters is 1. The summed E-state index contributed by atoms with van der Waals surface area (Å²) >= 11 is 1.20. The molecule has 2 aromatic carbocycles. The summed E-state index contributed by atoms with van der Waals surface area (Å²) in [5, 5.41) is 0.564. The molecule has 25 heavy (non-hydrogen) atoms. The van der Waals surface area contributed by atoms with Gasteiger partial charge in [-0.3, -0.25) is 4.79 Å². The van der Waals surface area contributed by atoms with Gasteiger partial charge in [0.1, 0.15) is 5.82 Å². The summed E-state index contributed by atoms with van der Waals surface area (Å²) in [6, 6.07) is 10.6. The molecule has 128 valence electrons. The van der Waals surface area contributed by atoms with Crippen LogP contribution < -0.4 is 11.4 Å². The van der Waals surface area contributed by atoms with Crippen LogP contribution in [0.25, 0.3) is 10.9 Å². The fourth-order valence-corrected chi connectivity index (χ4v) is 3.16. The van der Waals surface area contributed by atoms with E-state index in [4.69, 9.17) is 5.84 Å². The summed E-state index contributed by atoms with van der Waals surface area (Å²) in [7, 11) is 1.28. The Morgan fingerprint density at radius 2 is 2.12 bits per heavy atom. The second-order valence-corrected chi connectivity index (χ2v) is 6.15. The van der Waals surface area contributed by atoms with Gasteiger partial charge in [-0.15, -0.1) is 0 Å². The third kappa shape index (κ3) is 3.48. The molecule has 0 saturated carbocycles. The molecule has 0 aliphatic rings. The lowest BCUT2D eigenvalue weighted by Crippen LogP contribution is -2.29. The van der Waals surface area contributed by atoms with E-state index in [0.717, 1.165) is 10.2 Å². The highest BCUT2D eigenvalue weighted by Gasteiger charge is 2.13. The van der Waals surface area contributed by atoms with Gasteiger partial charge in [-0.25, -0.2) is 18.8 Å². The number of halogens is 1. The van der Waals surface area contributed by atoms with Crippen molar-refractivity contribution in [1.29, 1.82) is 0 Å². The van der Waals surface area contributed by atoms with E-state index in [1.54, 1.807) is 12.1 Å². The predicted octanol–water partition coefficient (Wildman–Crippen LogP) is 2.33. The second-order valence-electron chi connectivity index (χ2n) is 5.21. The van der Waals surface area contributed by atoms with Gasteiger partial charge in [0.05, 0.1) is 23.6 Å². The number of nitrogens with zero attached hydrogens (tertiary/aromatic N) is 2. The zero-order chi connectivity index (χ0) is 18.0. The van der Waals surface area contributed by atoms with Crippen molar-refractivity contribution in [3.8, 4) is 0 Å². The first kappa shape index (κ1) is 17.0. The van der Waals surface area contributed by atoms with Gasteiger partial charge < -0.3 is 10.6 Å². The van der Waals surface area contributed by atoms with Crippen molar-refractivity contribution in [2.24, 2.45) is 0 Å². The number of ether oxygens (including phenoxy) is 1. The Hall–Kier alpha value is -2.87. The van der Waals surface area contributed by atoms with Crippen LogP contribution in [0, 0.1) is 5.82 Å². The Kier molecular flexibility index (Phi) is 4.71. The number of fused-ring (bicyclic) bond motifs is 1. The Morgan fingerprint density at radius 1 is 1.32 bits per heavy atom. The zero-order valence-corrected chi connectivity index (χ0v) is 14.0. The molecule has 2 N–H and O–H groups in total. The number of carbonyl (C=O) groups is 1. The normalized spacial score (nSPS) is 10.8. The molecule has 0 bridgehead atoms. The fourth-order valence-electron chi connectivity index (χ4n) is 2.30. The molecular weight excluding hydrogens is 345 g/mol. The zero-order valence-electron chi connectivity index (χ0n) is 13.2. The number of methoxy groups -OCH3 is 1. The fraction of sp³-hybridized carbons (Fsp3) is 0.118. The van der Waals surface area contributed by atoms with E-state index in [9.17, 15) is 14.0 Å². The molecule has 6 nitrogen and oxygen atoms in total. The minimum Gasteiger partial charge on any atom is -0.465 e. The first-order valence-corrected chi connectivity index (χ1v) is 8.25. The lowest BCUT2D eigenvalue weighted by Gasteiger charge is -2.09. The number of aromatic nitrogens is 2. The number of hydrogen-bond donors (Lipinski definition) is 1. The van der Waals surface area contributed by atoms with Gasteiger partial charge in [-0.1, -0.05) is 23.9 Å². The molecule has 0 spiro atoms. The van der Waals surface area contributed by atoms with E-state index in [-0.39, 0.29) is 16.5 Å². The van der Waals surface area contributed by atoms with Crippen LogP contribution in [0.3, 0.4) is 0 Å². The van der Waals surface area contributed by atoms with Crippen LogP contribution in [-0.2, 0) is 10.5 Å². The summed E-state index contributed by atoms with van der Waals surface area (Å²) in [4.78, 5) is 28.4. The smallest absolute Gasteiger partial charge is 0.337 e. The van der Waals surface area contributed by atoms with Gasteiger partial charge in [-0.2, -0.15) is 0 Å². The highest BCUT2D eigenvalue weighted by Crippen LogP contribution is 2.22. The van der Waals surface area contributed by atoms with Crippen LogP contribution in [-0.4, -0.2) is 22.7 Å². The number of thioether (sulfide) groups is 1. The summed E-state index contributed by atoms with van der Waals surface area (Å²) in [5.74, 6) is 5.36. The molecule has 0 saturated heterocycles. The number of nitrogen functional groups attached to an aromatic ring is 1. The van der Waals surface area contributed by atoms with Gasteiger partial charge in [0.15, 0.2) is 5.16 Å². The van der Waals surface area contributed by atoms with Crippen molar-refractivity contribution in [2.75, 3.05) is 13.0 Å². The highest BCUT2D eigenvalue weighted by molar-refractivity contribution is 7.98. The van der Waals surface area contributed by atoms with Crippen LogP contribution in [0.5, 0.6) is 0 Å². The standard InChI is InChI=1S/C17H14FN3O3S/c1-24-16(23)11-5-6-13-14(8-11)20-17(21(19)15(13)22)25-9-10-3-2-4-12(18)7-10/h2-8H,9,19H2,1H3. The van der Waals surface area contributed by atoms with Crippen LogP contribution in [0.2, 0.25) is 0 Å². The number of hydrogen-bond acceptors (Lipinski definition) is 6. The predicted molar refractivity (Wildman–Crippen MR) is 93.5 cm³/mol. The van der Waals surface area contributed by atoms with Crippen LogP contribution in [0.1, 0.15) is 15.9 Å². The van der Waals surface area contributed by atoms with Crippen molar-refractivity contribution in [2.45, 2.75) is 10.9 Å². The highest BCUT2D eigenvalue weighted by atomic mass is 32.2. The quantitative estimate of drug-likeness (QED) is 0.333. The van der Waals surface area contributed by atoms with E-state index in [0.29, 0.717) is 16.7 Å². The molecular formula is C17H14FN3O3S. The lowest BCUT2D eigenvalue weighted by atomic mass is 10.1. The largest absolute Gasteiger partial charge is 0.465 e. The van der Waals surface area contributed by atoms with Crippen molar-refractivity contribution in [3.63, 3.8) is 0 Å². The van der Waals surface area contributed by atoms with Crippen molar-refractivity contribution in [1.82, 2.24) is 9.66 Å². The summed E-state index contributed by atoms with van der Waals surface area (Å²) in [5.41, 5.74) is 0.944. The molecule has 0 amide bonds. The number of carbonyl (C=O) groups excluding carboxylic acids is 1. The Morgan fingerprint density at radius 3 is 2.84 bits per heavy atom. The number of benzene rings is 2. The molecule has 0 atom stereocenters. The van der Waals surface area contributed by atoms with Crippen molar-refractivity contribution >= 4 is 28.6 Å². The van der Waals surface area contributed by atoms with E-state index in [1.807, 2.05) is 0 Å². The number of nitrogens with two attached hydrogens (primary N) is 1. The molecule has 0 radical (unpaired) electrons. The average molecular weight is 359 g/mol.